The first-order valence-corrected chi connectivity index (χ1v) is 8.78. The highest BCUT2D eigenvalue weighted by molar-refractivity contribution is 7.09. The zero-order chi connectivity index (χ0) is 16.4. The zero-order valence-electron chi connectivity index (χ0n) is 13.8. The maximum atomic E-state index is 12.9. The van der Waals surface area contributed by atoms with E-state index in [0.29, 0.717) is 11.5 Å². The molecule has 1 amide bonds. The Morgan fingerprint density at radius 1 is 1.43 bits per heavy atom. The fourth-order valence-electron chi connectivity index (χ4n) is 3.01. The number of aryl methyl sites for hydroxylation is 1. The van der Waals surface area contributed by atoms with E-state index in [1.807, 2.05) is 43.0 Å². The van der Waals surface area contributed by atoms with Crippen LogP contribution >= 0.6 is 11.3 Å². The second kappa shape index (κ2) is 6.66. The quantitative estimate of drug-likeness (QED) is 0.868. The van der Waals surface area contributed by atoms with Gasteiger partial charge >= 0.3 is 0 Å². The molecule has 0 spiro atoms. The van der Waals surface area contributed by atoms with Crippen molar-refractivity contribution in [3.63, 3.8) is 0 Å². The Bertz CT molecular complexity index is 697. The predicted octanol–water partition coefficient (Wildman–Crippen LogP) is 2.93. The molecule has 1 atom stereocenters. The largest absolute Gasteiger partial charge is 0.362 e. The van der Waals surface area contributed by atoms with Gasteiger partial charge in [-0.3, -0.25) is 4.79 Å². The van der Waals surface area contributed by atoms with Gasteiger partial charge in [-0.1, -0.05) is 0 Å². The number of carbonyl (C=O) groups is 1. The van der Waals surface area contributed by atoms with Crippen molar-refractivity contribution < 1.29 is 4.79 Å². The predicted molar refractivity (Wildman–Crippen MR) is 93.3 cm³/mol. The molecule has 1 fully saturated rings. The summed E-state index contributed by atoms with van der Waals surface area (Å²) in [7, 11) is 3.83. The van der Waals surface area contributed by atoms with E-state index < -0.39 is 0 Å². The van der Waals surface area contributed by atoms with Crippen LogP contribution in [0.3, 0.4) is 0 Å². The molecule has 3 heterocycles. The smallest absolute Gasteiger partial charge is 0.257 e. The number of carbonyl (C=O) groups excluding carboxylic acids is 1. The highest BCUT2D eigenvalue weighted by atomic mass is 32.1. The molecule has 0 N–H and O–H groups in total. The van der Waals surface area contributed by atoms with Gasteiger partial charge in [0.25, 0.3) is 5.91 Å². The third-order valence-electron chi connectivity index (χ3n) is 4.14. The highest BCUT2D eigenvalue weighted by Crippen LogP contribution is 2.30. The zero-order valence-corrected chi connectivity index (χ0v) is 14.6. The maximum Gasteiger partial charge on any atom is 0.257 e. The van der Waals surface area contributed by atoms with Crippen molar-refractivity contribution in [1.82, 2.24) is 14.9 Å². The first-order valence-electron chi connectivity index (χ1n) is 7.90. The molecular formula is C17H22N4OS. The summed E-state index contributed by atoms with van der Waals surface area (Å²) in [5.41, 5.74) is 1.74. The van der Waals surface area contributed by atoms with Gasteiger partial charge in [0.2, 0.25) is 0 Å². The lowest BCUT2D eigenvalue weighted by Gasteiger charge is -2.32. The second-order valence-corrected chi connectivity index (χ2v) is 7.08. The van der Waals surface area contributed by atoms with Crippen LogP contribution in [0.15, 0.2) is 23.7 Å². The van der Waals surface area contributed by atoms with E-state index in [9.17, 15) is 4.79 Å². The number of hydrogen-bond acceptors (Lipinski definition) is 5. The van der Waals surface area contributed by atoms with Gasteiger partial charge in [0.1, 0.15) is 5.82 Å². The number of piperidine rings is 1. The summed E-state index contributed by atoms with van der Waals surface area (Å²) in [6, 6.07) is 3.69. The number of likely N-dealkylation sites (tertiary alicyclic amines) is 1. The Labute approximate surface area is 141 Å². The fourth-order valence-corrected chi connectivity index (χ4v) is 3.94. The van der Waals surface area contributed by atoms with Gasteiger partial charge in [-0.15, -0.1) is 11.3 Å². The summed E-state index contributed by atoms with van der Waals surface area (Å²) < 4.78 is 0. The van der Waals surface area contributed by atoms with Crippen LogP contribution in [-0.4, -0.2) is 48.0 Å². The van der Waals surface area contributed by atoms with Crippen molar-refractivity contribution in [3.05, 3.63) is 40.0 Å². The third-order valence-corrected chi connectivity index (χ3v) is 5.26. The molecule has 0 saturated carbocycles. The average molecular weight is 330 g/mol. The van der Waals surface area contributed by atoms with Crippen molar-refractivity contribution >= 4 is 23.1 Å². The molecule has 0 bridgehead atoms. The summed E-state index contributed by atoms with van der Waals surface area (Å²) in [6.45, 7) is 3.57. The lowest BCUT2D eigenvalue weighted by atomic mass is 9.98. The normalized spacial score (nSPS) is 18.0. The van der Waals surface area contributed by atoms with Crippen LogP contribution < -0.4 is 4.90 Å². The Hall–Kier alpha value is -1.95. The third kappa shape index (κ3) is 3.37. The molecule has 1 unspecified atom stereocenters. The SMILES string of the molecule is Cc1csc(C2CCCN(C(=O)c3cccnc3N(C)C)C2)n1. The van der Waals surface area contributed by atoms with Crippen molar-refractivity contribution in [2.24, 2.45) is 0 Å². The minimum absolute atomic E-state index is 0.0692. The van der Waals surface area contributed by atoms with Gasteiger partial charge in [0.05, 0.1) is 10.6 Å². The molecule has 2 aromatic heterocycles. The molecule has 1 aliphatic rings. The van der Waals surface area contributed by atoms with Crippen LogP contribution in [-0.2, 0) is 0 Å². The summed E-state index contributed by atoms with van der Waals surface area (Å²) in [4.78, 5) is 25.7. The number of hydrogen-bond donors (Lipinski definition) is 0. The molecule has 0 aliphatic carbocycles. The molecule has 0 aromatic carbocycles. The summed E-state index contributed by atoms with van der Waals surface area (Å²) in [5.74, 6) is 1.15. The number of anilines is 1. The summed E-state index contributed by atoms with van der Waals surface area (Å²) >= 11 is 1.70. The Morgan fingerprint density at radius 2 is 2.26 bits per heavy atom. The number of thiazole rings is 1. The molecule has 122 valence electrons. The van der Waals surface area contributed by atoms with E-state index in [0.717, 1.165) is 42.5 Å². The van der Waals surface area contributed by atoms with Crippen molar-refractivity contribution in [3.8, 4) is 0 Å². The minimum Gasteiger partial charge on any atom is -0.362 e. The lowest BCUT2D eigenvalue weighted by molar-refractivity contribution is 0.0707. The van der Waals surface area contributed by atoms with E-state index in [4.69, 9.17) is 0 Å². The lowest BCUT2D eigenvalue weighted by Crippen LogP contribution is -2.39. The second-order valence-electron chi connectivity index (χ2n) is 6.19. The Kier molecular flexibility index (Phi) is 4.61. The molecule has 6 heteroatoms. The van der Waals surface area contributed by atoms with Gasteiger partial charge < -0.3 is 9.80 Å². The van der Waals surface area contributed by atoms with E-state index in [1.54, 1.807) is 17.5 Å². The molecule has 3 rings (SSSR count). The standard InChI is InChI=1S/C17H22N4OS/c1-12-11-23-16(19-12)13-6-5-9-21(10-13)17(22)14-7-4-8-18-15(14)20(2)3/h4,7-8,11,13H,5-6,9-10H2,1-3H3. The molecule has 0 radical (unpaired) electrons. The monoisotopic (exact) mass is 330 g/mol. The van der Waals surface area contributed by atoms with Gasteiger partial charge in [-0.25, -0.2) is 9.97 Å². The van der Waals surface area contributed by atoms with Crippen LogP contribution in [0.25, 0.3) is 0 Å². The summed E-state index contributed by atoms with van der Waals surface area (Å²) in [6.07, 6.45) is 3.85. The van der Waals surface area contributed by atoms with Crippen molar-refractivity contribution in [1.29, 1.82) is 0 Å². The Balaban J connectivity index is 1.80. The first-order chi connectivity index (χ1) is 11.1. The molecule has 5 nitrogen and oxygen atoms in total. The average Bonchev–Trinajstić information content (AvgIpc) is 3.01. The molecule has 1 aliphatic heterocycles. The van der Waals surface area contributed by atoms with Crippen LogP contribution in [0.5, 0.6) is 0 Å². The molecule has 23 heavy (non-hydrogen) atoms. The number of nitrogens with zero attached hydrogens (tertiary/aromatic N) is 4. The number of rotatable bonds is 3. The van der Waals surface area contributed by atoms with Crippen molar-refractivity contribution in [2.45, 2.75) is 25.7 Å². The molecule has 2 aromatic rings. The van der Waals surface area contributed by atoms with E-state index in [2.05, 4.69) is 15.3 Å². The minimum atomic E-state index is 0.0692. The number of amides is 1. The maximum absolute atomic E-state index is 12.9. The summed E-state index contributed by atoms with van der Waals surface area (Å²) in [5, 5.41) is 3.24. The Morgan fingerprint density at radius 3 is 2.96 bits per heavy atom. The van der Waals surface area contributed by atoms with Gasteiger partial charge in [-0.05, 0) is 31.9 Å². The fraction of sp³-hybridized carbons (Fsp3) is 0.471. The van der Waals surface area contributed by atoms with Gasteiger partial charge in [0.15, 0.2) is 0 Å². The number of pyridine rings is 1. The molecular weight excluding hydrogens is 308 g/mol. The molecule has 1 saturated heterocycles. The topological polar surface area (TPSA) is 49.3 Å². The van der Waals surface area contributed by atoms with Crippen LogP contribution in [0, 0.1) is 6.92 Å². The number of aromatic nitrogens is 2. The van der Waals surface area contributed by atoms with E-state index in [1.165, 1.54) is 0 Å². The van der Waals surface area contributed by atoms with Crippen LogP contribution in [0.1, 0.15) is 39.8 Å². The highest BCUT2D eigenvalue weighted by Gasteiger charge is 2.28. The van der Waals surface area contributed by atoms with E-state index >= 15 is 0 Å². The van der Waals surface area contributed by atoms with Crippen molar-refractivity contribution in [2.75, 3.05) is 32.1 Å². The van der Waals surface area contributed by atoms with Crippen LogP contribution in [0.2, 0.25) is 0 Å². The van der Waals surface area contributed by atoms with E-state index in [-0.39, 0.29) is 5.91 Å². The first kappa shape index (κ1) is 15.9. The van der Waals surface area contributed by atoms with Gasteiger partial charge in [0, 0.05) is 50.4 Å². The van der Waals surface area contributed by atoms with Crippen LogP contribution in [0.4, 0.5) is 5.82 Å². The van der Waals surface area contributed by atoms with Gasteiger partial charge in [-0.2, -0.15) is 0 Å².